The number of nitrogens with one attached hydrogen (secondary N) is 1. The van der Waals surface area contributed by atoms with Crippen LogP contribution in [-0.4, -0.2) is 50.3 Å². The summed E-state index contributed by atoms with van der Waals surface area (Å²) < 4.78 is 5.60. The molecule has 0 aromatic rings. The lowest BCUT2D eigenvalue weighted by atomic mass is 10.2. The van der Waals surface area contributed by atoms with Gasteiger partial charge in [0.1, 0.15) is 0 Å². The second-order valence-corrected chi connectivity index (χ2v) is 4.63. The molecule has 1 saturated carbocycles. The molecule has 0 radical (unpaired) electrons. The Labute approximate surface area is 86.8 Å². The molecule has 3 nitrogen and oxygen atoms in total. The summed E-state index contributed by atoms with van der Waals surface area (Å²) >= 11 is 0. The van der Waals surface area contributed by atoms with Gasteiger partial charge in [0.05, 0.1) is 6.10 Å². The lowest BCUT2D eigenvalue weighted by Gasteiger charge is -2.20. The quantitative estimate of drug-likeness (QED) is 0.685. The third kappa shape index (κ3) is 3.56. The van der Waals surface area contributed by atoms with Crippen LogP contribution in [0.5, 0.6) is 0 Å². The number of hydrogen-bond acceptors (Lipinski definition) is 3. The summed E-state index contributed by atoms with van der Waals surface area (Å²) in [5, 5.41) is 3.53. The Morgan fingerprint density at radius 1 is 1.36 bits per heavy atom. The predicted molar refractivity (Wildman–Crippen MR) is 57.5 cm³/mol. The maximum Gasteiger partial charge on any atom is 0.0702 e. The second-order valence-electron chi connectivity index (χ2n) is 4.63. The summed E-state index contributed by atoms with van der Waals surface area (Å²) in [5.41, 5.74) is 0. The summed E-state index contributed by atoms with van der Waals surface area (Å²) in [5.74, 6) is 0. The van der Waals surface area contributed by atoms with Gasteiger partial charge < -0.3 is 15.0 Å². The Morgan fingerprint density at radius 3 is 2.86 bits per heavy atom. The maximum atomic E-state index is 5.60. The van der Waals surface area contributed by atoms with Crippen LogP contribution in [0.25, 0.3) is 0 Å². The van der Waals surface area contributed by atoms with Crippen LogP contribution in [0.3, 0.4) is 0 Å². The van der Waals surface area contributed by atoms with Crippen molar-refractivity contribution < 1.29 is 4.74 Å². The Balaban J connectivity index is 1.50. The molecule has 1 unspecified atom stereocenters. The SMILES string of the molecule is CN(CCNC1CC1)CC1CCCO1. The molecule has 1 N–H and O–H groups in total. The van der Waals surface area contributed by atoms with Gasteiger partial charge in [-0.15, -0.1) is 0 Å². The van der Waals surface area contributed by atoms with Gasteiger partial charge in [-0.3, -0.25) is 0 Å². The largest absolute Gasteiger partial charge is 0.377 e. The van der Waals surface area contributed by atoms with E-state index in [1.165, 1.54) is 25.7 Å². The zero-order chi connectivity index (χ0) is 9.80. The monoisotopic (exact) mass is 198 g/mol. The number of ether oxygens (including phenoxy) is 1. The minimum atomic E-state index is 0.501. The van der Waals surface area contributed by atoms with Crippen molar-refractivity contribution >= 4 is 0 Å². The molecular formula is C11H22N2O. The number of nitrogens with zero attached hydrogens (tertiary/aromatic N) is 1. The van der Waals surface area contributed by atoms with E-state index in [0.717, 1.165) is 32.3 Å². The van der Waals surface area contributed by atoms with E-state index in [4.69, 9.17) is 4.74 Å². The lowest BCUT2D eigenvalue weighted by molar-refractivity contribution is 0.0815. The molecule has 1 atom stereocenters. The van der Waals surface area contributed by atoms with E-state index >= 15 is 0 Å². The van der Waals surface area contributed by atoms with E-state index in [1.54, 1.807) is 0 Å². The van der Waals surface area contributed by atoms with Gasteiger partial charge in [-0.2, -0.15) is 0 Å². The van der Waals surface area contributed by atoms with Crippen molar-refractivity contribution in [3.63, 3.8) is 0 Å². The summed E-state index contributed by atoms with van der Waals surface area (Å²) in [6.45, 7) is 4.36. The fourth-order valence-corrected chi connectivity index (χ4v) is 1.97. The average molecular weight is 198 g/mol. The Morgan fingerprint density at radius 2 is 2.21 bits per heavy atom. The first-order valence-corrected chi connectivity index (χ1v) is 5.88. The van der Waals surface area contributed by atoms with Crippen molar-refractivity contribution in [3.05, 3.63) is 0 Å². The van der Waals surface area contributed by atoms with Crippen molar-refractivity contribution in [3.8, 4) is 0 Å². The highest BCUT2D eigenvalue weighted by molar-refractivity contribution is 4.81. The van der Waals surface area contributed by atoms with Gasteiger partial charge in [-0.1, -0.05) is 0 Å². The molecule has 3 heteroatoms. The molecule has 0 aromatic heterocycles. The van der Waals surface area contributed by atoms with Gasteiger partial charge in [0, 0.05) is 32.3 Å². The van der Waals surface area contributed by atoms with Crippen molar-refractivity contribution in [1.29, 1.82) is 0 Å². The molecule has 1 aliphatic heterocycles. The predicted octanol–water partition coefficient (Wildman–Crippen LogP) is 0.849. The molecule has 1 saturated heterocycles. The van der Waals surface area contributed by atoms with Crippen LogP contribution < -0.4 is 5.32 Å². The van der Waals surface area contributed by atoms with Gasteiger partial charge in [0.2, 0.25) is 0 Å². The number of likely N-dealkylation sites (N-methyl/N-ethyl adjacent to an activating group) is 1. The van der Waals surface area contributed by atoms with Gasteiger partial charge in [0.25, 0.3) is 0 Å². The van der Waals surface area contributed by atoms with Crippen LogP contribution >= 0.6 is 0 Å². The van der Waals surface area contributed by atoms with Gasteiger partial charge in [-0.05, 0) is 32.7 Å². The molecule has 2 rings (SSSR count). The second kappa shape index (κ2) is 5.10. The van der Waals surface area contributed by atoms with E-state index in [-0.39, 0.29) is 0 Å². The van der Waals surface area contributed by atoms with E-state index in [9.17, 15) is 0 Å². The van der Waals surface area contributed by atoms with Crippen molar-refractivity contribution in [1.82, 2.24) is 10.2 Å². The molecule has 14 heavy (non-hydrogen) atoms. The van der Waals surface area contributed by atoms with E-state index in [1.807, 2.05) is 0 Å². The van der Waals surface area contributed by atoms with Gasteiger partial charge in [0.15, 0.2) is 0 Å². The van der Waals surface area contributed by atoms with Crippen molar-refractivity contribution in [2.24, 2.45) is 0 Å². The van der Waals surface area contributed by atoms with Crippen molar-refractivity contribution in [2.75, 3.05) is 33.3 Å². The van der Waals surface area contributed by atoms with Crippen molar-refractivity contribution in [2.45, 2.75) is 37.8 Å². The molecule has 1 heterocycles. The zero-order valence-electron chi connectivity index (χ0n) is 9.17. The summed E-state index contributed by atoms with van der Waals surface area (Å²) in [6, 6.07) is 0.839. The van der Waals surface area contributed by atoms with Gasteiger partial charge in [-0.25, -0.2) is 0 Å². The van der Waals surface area contributed by atoms with E-state index in [2.05, 4.69) is 17.3 Å². The first-order valence-electron chi connectivity index (χ1n) is 5.88. The molecule has 2 fully saturated rings. The maximum absolute atomic E-state index is 5.60. The molecule has 0 amide bonds. The third-order valence-corrected chi connectivity index (χ3v) is 3.04. The van der Waals surface area contributed by atoms with E-state index < -0.39 is 0 Å². The Bertz CT molecular complexity index is 165. The van der Waals surface area contributed by atoms with Crippen LogP contribution in [0.2, 0.25) is 0 Å². The molecular weight excluding hydrogens is 176 g/mol. The van der Waals surface area contributed by atoms with Gasteiger partial charge >= 0.3 is 0 Å². The van der Waals surface area contributed by atoms with Crippen LogP contribution in [0.4, 0.5) is 0 Å². The number of hydrogen-bond donors (Lipinski definition) is 1. The lowest BCUT2D eigenvalue weighted by Crippen LogP contribution is -2.35. The van der Waals surface area contributed by atoms with E-state index in [0.29, 0.717) is 6.10 Å². The topological polar surface area (TPSA) is 24.5 Å². The molecule has 0 aromatic carbocycles. The first-order chi connectivity index (χ1) is 6.84. The summed E-state index contributed by atoms with van der Waals surface area (Å²) in [7, 11) is 2.19. The smallest absolute Gasteiger partial charge is 0.0702 e. The average Bonchev–Trinajstić information content (AvgIpc) is 2.83. The standard InChI is InChI=1S/C11H22N2O/c1-13(7-6-12-10-4-5-10)9-11-3-2-8-14-11/h10-12H,2-9H2,1H3. The number of rotatable bonds is 6. The van der Waals surface area contributed by atoms with Crippen LogP contribution in [0, 0.1) is 0 Å². The highest BCUT2D eigenvalue weighted by Crippen LogP contribution is 2.18. The van der Waals surface area contributed by atoms with Crippen LogP contribution in [0.15, 0.2) is 0 Å². The zero-order valence-corrected chi connectivity index (χ0v) is 9.17. The minimum Gasteiger partial charge on any atom is -0.377 e. The molecule has 0 bridgehead atoms. The minimum absolute atomic E-state index is 0.501. The Kier molecular flexibility index (Phi) is 3.79. The normalized spacial score (nSPS) is 27.4. The third-order valence-electron chi connectivity index (χ3n) is 3.04. The van der Waals surface area contributed by atoms with Crippen LogP contribution in [-0.2, 0) is 4.74 Å². The molecule has 2 aliphatic rings. The summed E-state index contributed by atoms with van der Waals surface area (Å²) in [4.78, 5) is 2.38. The molecule has 1 aliphatic carbocycles. The highest BCUT2D eigenvalue weighted by Gasteiger charge is 2.20. The fraction of sp³-hybridized carbons (Fsp3) is 1.00. The Hall–Kier alpha value is -0.120. The molecule has 0 spiro atoms. The van der Waals surface area contributed by atoms with Crippen LogP contribution in [0.1, 0.15) is 25.7 Å². The molecule has 82 valence electrons. The first kappa shape index (κ1) is 10.4. The highest BCUT2D eigenvalue weighted by atomic mass is 16.5. The fourth-order valence-electron chi connectivity index (χ4n) is 1.97. The summed E-state index contributed by atoms with van der Waals surface area (Å²) in [6.07, 6.45) is 5.77.